The zero-order valence-electron chi connectivity index (χ0n) is 10.7. The van der Waals surface area contributed by atoms with Gasteiger partial charge in [0, 0.05) is 25.2 Å². The maximum atomic E-state index is 11.6. The van der Waals surface area contributed by atoms with E-state index in [0.717, 1.165) is 23.2 Å². The van der Waals surface area contributed by atoms with Crippen LogP contribution in [-0.4, -0.2) is 18.9 Å². The summed E-state index contributed by atoms with van der Waals surface area (Å²) in [6, 6.07) is 3.55. The first-order chi connectivity index (χ1) is 7.99. The number of amides is 2. The molecule has 0 aliphatic rings. The molecule has 4 nitrogen and oxygen atoms in total. The van der Waals surface area contributed by atoms with Crippen molar-refractivity contribution < 1.29 is 9.59 Å². The van der Waals surface area contributed by atoms with Gasteiger partial charge in [0.05, 0.1) is 0 Å². The van der Waals surface area contributed by atoms with Crippen molar-refractivity contribution in [2.75, 3.05) is 12.4 Å². The predicted molar refractivity (Wildman–Crippen MR) is 68.3 cm³/mol. The van der Waals surface area contributed by atoms with Crippen molar-refractivity contribution in [3.8, 4) is 0 Å². The van der Waals surface area contributed by atoms with Crippen LogP contribution in [0.4, 0.5) is 5.69 Å². The molecule has 0 unspecified atom stereocenters. The molecule has 1 aromatic rings. The average Bonchev–Trinajstić information content (AvgIpc) is 2.26. The Morgan fingerprint density at radius 1 is 1.29 bits per heavy atom. The van der Waals surface area contributed by atoms with Gasteiger partial charge in [-0.1, -0.05) is 6.92 Å². The third-order valence-electron chi connectivity index (χ3n) is 2.63. The zero-order valence-corrected chi connectivity index (χ0v) is 10.7. The van der Waals surface area contributed by atoms with Gasteiger partial charge in [-0.15, -0.1) is 0 Å². The fourth-order valence-corrected chi connectivity index (χ4v) is 1.86. The highest BCUT2D eigenvalue weighted by Gasteiger charge is 2.11. The lowest BCUT2D eigenvalue weighted by molar-refractivity contribution is -0.114. The molecule has 0 atom stereocenters. The third kappa shape index (κ3) is 3.06. The minimum absolute atomic E-state index is 0.131. The van der Waals surface area contributed by atoms with Gasteiger partial charge in [-0.25, -0.2) is 0 Å². The number of carbonyl (C=O) groups excluding carboxylic acids is 2. The molecule has 0 aromatic heterocycles. The number of aryl methyl sites for hydroxylation is 1. The Kier molecular flexibility index (Phi) is 4.26. The van der Waals surface area contributed by atoms with E-state index in [9.17, 15) is 9.59 Å². The molecule has 0 saturated heterocycles. The zero-order chi connectivity index (χ0) is 13.0. The summed E-state index contributed by atoms with van der Waals surface area (Å²) in [5.41, 5.74) is 3.36. The van der Waals surface area contributed by atoms with E-state index in [0.29, 0.717) is 5.56 Å². The van der Waals surface area contributed by atoms with Crippen LogP contribution in [0.1, 0.15) is 35.3 Å². The van der Waals surface area contributed by atoms with E-state index in [2.05, 4.69) is 10.6 Å². The maximum Gasteiger partial charge on any atom is 0.251 e. The quantitative estimate of drug-likeness (QED) is 0.839. The lowest BCUT2D eigenvalue weighted by Gasteiger charge is -2.13. The van der Waals surface area contributed by atoms with Crippen LogP contribution in [0.25, 0.3) is 0 Å². The summed E-state index contributed by atoms with van der Waals surface area (Å²) in [4.78, 5) is 22.7. The highest BCUT2D eigenvalue weighted by atomic mass is 16.2. The van der Waals surface area contributed by atoms with Crippen LogP contribution < -0.4 is 10.6 Å². The molecule has 0 aliphatic carbocycles. The molecule has 4 heteroatoms. The average molecular weight is 234 g/mol. The van der Waals surface area contributed by atoms with Gasteiger partial charge in [0.25, 0.3) is 5.91 Å². The Morgan fingerprint density at radius 2 is 1.94 bits per heavy atom. The highest BCUT2D eigenvalue weighted by molar-refractivity contribution is 5.97. The molecule has 0 saturated carbocycles. The Balaban J connectivity index is 3.27. The molecule has 17 heavy (non-hydrogen) atoms. The molecular formula is C13H18N2O2. The van der Waals surface area contributed by atoms with Crippen LogP contribution in [0.3, 0.4) is 0 Å². The number of carbonyl (C=O) groups is 2. The van der Waals surface area contributed by atoms with Crippen molar-refractivity contribution >= 4 is 17.5 Å². The van der Waals surface area contributed by atoms with Gasteiger partial charge in [-0.2, -0.15) is 0 Å². The second kappa shape index (κ2) is 5.48. The Labute approximate surface area is 101 Å². The van der Waals surface area contributed by atoms with E-state index in [4.69, 9.17) is 0 Å². The van der Waals surface area contributed by atoms with Gasteiger partial charge in [-0.05, 0) is 36.6 Å². The minimum Gasteiger partial charge on any atom is -0.355 e. The largest absolute Gasteiger partial charge is 0.355 e. The van der Waals surface area contributed by atoms with Crippen LogP contribution in [0, 0.1) is 6.92 Å². The first kappa shape index (κ1) is 13.2. The van der Waals surface area contributed by atoms with Crippen molar-refractivity contribution in [2.45, 2.75) is 27.2 Å². The molecule has 1 aromatic carbocycles. The van der Waals surface area contributed by atoms with Crippen molar-refractivity contribution in [1.82, 2.24) is 5.32 Å². The lowest BCUT2D eigenvalue weighted by Crippen LogP contribution is -2.19. The van der Waals surface area contributed by atoms with Crippen LogP contribution in [0.15, 0.2) is 12.1 Å². The number of nitrogens with one attached hydrogen (secondary N) is 2. The molecule has 2 amide bonds. The standard InChI is InChI=1S/C13H18N2O2/c1-5-11-8(2)6-10(13(17)14-4)7-12(11)15-9(3)16/h6-7H,5H2,1-4H3,(H,14,17)(H,15,16). The van der Waals surface area contributed by atoms with E-state index in [-0.39, 0.29) is 11.8 Å². The molecule has 0 radical (unpaired) electrons. The number of benzene rings is 1. The van der Waals surface area contributed by atoms with E-state index in [1.165, 1.54) is 6.92 Å². The van der Waals surface area contributed by atoms with Gasteiger partial charge >= 0.3 is 0 Å². The third-order valence-corrected chi connectivity index (χ3v) is 2.63. The van der Waals surface area contributed by atoms with Gasteiger partial charge in [0.1, 0.15) is 0 Å². The van der Waals surface area contributed by atoms with Crippen LogP contribution in [0.2, 0.25) is 0 Å². The molecule has 92 valence electrons. The smallest absolute Gasteiger partial charge is 0.251 e. The second-order valence-electron chi connectivity index (χ2n) is 3.93. The highest BCUT2D eigenvalue weighted by Crippen LogP contribution is 2.23. The SMILES string of the molecule is CCc1c(C)cc(C(=O)NC)cc1NC(C)=O. The van der Waals surface area contributed by atoms with Crippen molar-refractivity contribution in [3.05, 3.63) is 28.8 Å². The molecule has 0 bridgehead atoms. The van der Waals surface area contributed by atoms with Crippen LogP contribution >= 0.6 is 0 Å². The van der Waals surface area contributed by atoms with Crippen LogP contribution in [0.5, 0.6) is 0 Å². The maximum absolute atomic E-state index is 11.6. The molecular weight excluding hydrogens is 216 g/mol. The van der Waals surface area contributed by atoms with Crippen molar-refractivity contribution in [1.29, 1.82) is 0 Å². The number of hydrogen-bond donors (Lipinski definition) is 2. The van der Waals surface area contributed by atoms with Gasteiger partial charge < -0.3 is 10.6 Å². The summed E-state index contributed by atoms with van der Waals surface area (Å²) in [6.45, 7) is 5.42. The second-order valence-corrected chi connectivity index (χ2v) is 3.93. The van der Waals surface area contributed by atoms with E-state index >= 15 is 0 Å². The first-order valence-corrected chi connectivity index (χ1v) is 5.62. The minimum atomic E-state index is -0.151. The summed E-state index contributed by atoms with van der Waals surface area (Å²) >= 11 is 0. The van der Waals surface area contributed by atoms with Crippen molar-refractivity contribution in [3.63, 3.8) is 0 Å². The summed E-state index contributed by atoms with van der Waals surface area (Å²) < 4.78 is 0. The molecule has 0 spiro atoms. The molecule has 0 heterocycles. The van der Waals surface area contributed by atoms with E-state index < -0.39 is 0 Å². The number of hydrogen-bond acceptors (Lipinski definition) is 2. The summed E-state index contributed by atoms with van der Waals surface area (Å²) in [7, 11) is 1.59. The Hall–Kier alpha value is -1.84. The summed E-state index contributed by atoms with van der Waals surface area (Å²) in [6.07, 6.45) is 0.815. The monoisotopic (exact) mass is 234 g/mol. The van der Waals surface area contributed by atoms with Crippen molar-refractivity contribution in [2.24, 2.45) is 0 Å². The molecule has 0 aliphatic heterocycles. The first-order valence-electron chi connectivity index (χ1n) is 5.62. The van der Waals surface area contributed by atoms with Gasteiger partial charge in [0.15, 0.2) is 0 Å². The van der Waals surface area contributed by atoms with E-state index in [1.807, 2.05) is 19.9 Å². The van der Waals surface area contributed by atoms with Gasteiger partial charge in [-0.3, -0.25) is 9.59 Å². The predicted octanol–water partition coefficient (Wildman–Crippen LogP) is 1.88. The van der Waals surface area contributed by atoms with Crippen LogP contribution in [-0.2, 0) is 11.2 Å². The topological polar surface area (TPSA) is 58.2 Å². The molecule has 0 fully saturated rings. The Bertz CT molecular complexity index is 453. The number of anilines is 1. The van der Waals surface area contributed by atoms with E-state index in [1.54, 1.807) is 13.1 Å². The normalized spacial score (nSPS) is 9.88. The molecule has 1 rings (SSSR count). The lowest BCUT2D eigenvalue weighted by atomic mass is 10.00. The fraction of sp³-hybridized carbons (Fsp3) is 0.385. The summed E-state index contributed by atoms with van der Waals surface area (Å²) in [5.74, 6) is -0.282. The fourth-order valence-electron chi connectivity index (χ4n) is 1.86. The Morgan fingerprint density at radius 3 is 2.41 bits per heavy atom. The molecule has 2 N–H and O–H groups in total. The summed E-state index contributed by atoms with van der Waals surface area (Å²) in [5, 5.41) is 5.34. The van der Waals surface area contributed by atoms with Gasteiger partial charge in [0.2, 0.25) is 5.91 Å². The number of rotatable bonds is 3.